The molecule has 0 radical (unpaired) electrons. The Morgan fingerprint density at radius 1 is 0.591 bits per heavy atom. The first-order chi connectivity index (χ1) is 10.8. The minimum atomic E-state index is -1.39. The van der Waals surface area contributed by atoms with Crippen molar-refractivity contribution in [1.29, 1.82) is 0 Å². The molecule has 2 rings (SSSR count). The van der Waals surface area contributed by atoms with Crippen LogP contribution in [0.5, 0.6) is 0 Å². The highest BCUT2D eigenvalue weighted by molar-refractivity contribution is 6.74. The summed E-state index contributed by atoms with van der Waals surface area (Å²) in [7, 11) is -1.39. The predicted octanol–water partition coefficient (Wildman–Crippen LogP) is 7.22. The van der Waals surface area contributed by atoms with Gasteiger partial charge >= 0.3 is 0 Å². The van der Waals surface area contributed by atoms with E-state index in [0.717, 1.165) is 12.1 Å². The van der Waals surface area contributed by atoms with E-state index in [0.29, 0.717) is 0 Å². The minimum Gasteiger partial charge on any atom is -0.417 e. The maximum Gasteiger partial charge on any atom is 0.192 e. The molecule has 0 N–H and O–H groups in total. The third-order valence-corrected chi connectivity index (χ3v) is 10.7. The standard InChI is InChI=1S/C20H40OSi/c1-22(19-15-14-18-21-22)20-16-12-10-8-6-4-2-3-5-7-9-11-13-17-20/h20H,2-19H2,1H3. The summed E-state index contributed by atoms with van der Waals surface area (Å²) in [5, 5.41) is 0. The van der Waals surface area contributed by atoms with Crippen molar-refractivity contribution in [3.63, 3.8) is 0 Å². The van der Waals surface area contributed by atoms with E-state index >= 15 is 0 Å². The molecule has 0 aromatic carbocycles. The molecule has 1 saturated carbocycles. The van der Waals surface area contributed by atoms with Gasteiger partial charge in [-0.05, 0) is 24.6 Å². The molecular weight excluding hydrogens is 284 g/mol. The van der Waals surface area contributed by atoms with Gasteiger partial charge in [0.15, 0.2) is 8.32 Å². The Balaban J connectivity index is 1.82. The normalized spacial score (nSPS) is 32.0. The maximum absolute atomic E-state index is 6.43. The highest BCUT2D eigenvalue weighted by Crippen LogP contribution is 2.39. The zero-order chi connectivity index (χ0) is 15.5. The van der Waals surface area contributed by atoms with E-state index in [9.17, 15) is 0 Å². The Morgan fingerprint density at radius 3 is 1.45 bits per heavy atom. The van der Waals surface area contributed by atoms with E-state index in [1.807, 2.05) is 0 Å². The van der Waals surface area contributed by atoms with Crippen molar-refractivity contribution >= 4 is 8.32 Å². The van der Waals surface area contributed by atoms with Crippen LogP contribution in [-0.4, -0.2) is 14.9 Å². The van der Waals surface area contributed by atoms with Crippen LogP contribution in [-0.2, 0) is 4.43 Å². The highest BCUT2D eigenvalue weighted by atomic mass is 28.4. The van der Waals surface area contributed by atoms with Crippen molar-refractivity contribution in [1.82, 2.24) is 0 Å². The average Bonchev–Trinajstić information content (AvgIpc) is 2.54. The summed E-state index contributed by atoms with van der Waals surface area (Å²) < 4.78 is 6.43. The van der Waals surface area contributed by atoms with Gasteiger partial charge in [0.2, 0.25) is 0 Å². The van der Waals surface area contributed by atoms with Crippen molar-refractivity contribution < 1.29 is 4.43 Å². The summed E-state index contributed by atoms with van der Waals surface area (Å²) in [6.07, 6.45) is 23.5. The molecule has 1 aliphatic carbocycles. The maximum atomic E-state index is 6.43. The van der Waals surface area contributed by atoms with Crippen LogP contribution in [0, 0.1) is 0 Å². The summed E-state index contributed by atoms with van der Waals surface area (Å²) >= 11 is 0. The molecule has 1 nitrogen and oxygen atoms in total. The Bertz CT molecular complexity index is 257. The van der Waals surface area contributed by atoms with Crippen LogP contribution < -0.4 is 0 Å². The van der Waals surface area contributed by atoms with Crippen LogP contribution in [0.15, 0.2) is 0 Å². The van der Waals surface area contributed by atoms with Gasteiger partial charge in [-0.15, -0.1) is 0 Å². The van der Waals surface area contributed by atoms with Gasteiger partial charge in [0, 0.05) is 6.61 Å². The van der Waals surface area contributed by atoms with E-state index in [-0.39, 0.29) is 0 Å². The zero-order valence-corrected chi connectivity index (χ0v) is 16.2. The minimum absolute atomic E-state index is 0.956. The molecule has 2 aliphatic rings. The molecule has 0 aromatic heterocycles. The van der Waals surface area contributed by atoms with Gasteiger partial charge in [-0.2, -0.15) is 0 Å². The van der Waals surface area contributed by atoms with Gasteiger partial charge in [0.05, 0.1) is 0 Å². The molecule has 0 spiro atoms. The predicted molar refractivity (Wildman–Crippen MR) is 100.0 cm³/mol. The van der Waals surface area contributed by atoms with Crippen molar-refractivity contribution in [3.05, 3.63) is 0 Å². The van der Waals surface area contributed by atoms with E-state index < -0.39 is 8.32 Å². The van der Waals surface area contributed by atoms with Gasteiger partial charge in [-0.3, -0.25) is 0 Å². The Hall–Kier alpha value is 0.177. The largest absolute Gasteiger partial charge is 0.417 e. The summed E-state index contributed by atoms with van der Waals surface area (Å²) in [4.78, 5) is 0. The van der Waals surface area contributed by atoms with E-state index in [4.69, 9.17) is 4.43 Å². The molecular formula is C20H40OSi. The molecule has 1 saturated heterocycles. The van der Waals surface area contributed by atoms with Crippen LogP contribution in [0.1, 0.15) is 103 Å². The lowest BCUT2D eigenvalue weighted by Gasteiger charge is -2.39. The lowest BCUT2D eigenvalue weighted by Crippen LogP contribution is -2.43. The van der Waals surface area contributed by atoms with E-state index in [2.05, 4.69) is 6.55 Å². The highest BCUT2D eigenvalue weighted by Gasteiger charge is 2.38. The SMILES string of the molecule is C[Si]1(C2CCCCCCCCCCCCCC2)CCCCO1. The summed E-state index contributed by atoms with van der Waals surface area (Å²) in [5.74, 6) is 0. The van der Waals surface area contributed by atoms with E-state index in [1.54, 1.807) is 0 Å². The summed E-state index contributed by atoms with van der Waals surface area (Å²) in [6.45, 7) is 3.63. The molecule has 2 heteroatoms. The first kappa shape index (κ1) is 18.5. The van der Waals surface area contributed by atoms with Gasteiger partial charge in [-0.25, -0.2) is 0 Å². The second-order valence-electron chi connectivity index (χ2n) is 8.14. The quantitative estimate of drug-likeness (QED) is 0.463. The molecule has 22 heavy (non-hydrogen) atoms. The fourth-order valence-corrected chi connectivity index (χ4v) is 8.56. The Labute approximate surface area is 140 Å². The number of hydrogen-bond donors (Lipinski definition) is 0. The van der Waals surface area contributed by atoms with Gasteiger partial charge < -0.3 is 4.43 Å². The molecule has 0 amide bonds. The van der Waals surface area contributed by atoms with Crippen molar-refractivity contribution in [3.8, 4) is 0 Å². The molecule has 0 aromatic rings. The lowest BCUT2D eigenvalue weighted by molar-refractivity contribution is 0.256. The zero-order valence-electron chi connectivity index (χ0n) is 15.2. The third kappa shape index (κ3) is 6.74. The topological polar surface area (TPSA) is 9.23 Å². The van der Waals surface area contributed by atoms with Crippen molar-refractivity contribution in [2.45, 2.75) is 121 Å². The van der Waals surface area contributed by atoms with E-state index in [1.165, 1.54) is 109 Å². The van der Waals surface area contributed by atoms with Crippen LogP contribution >= 0.6 is 0 Å². The smallest absolute Gasteiger partial charge is 0.192 e. The molecule has 1 heterocycles. The van der Waals surface area contributed by atoms with Crippen molar-refractivity contribution in [2.24, 2.45) is 0 Å². The molecule has 130 valence electrons. The van der Waals surface area contributed by atoms with Crippen LogP contribution in [0.3, 0.4) is 0 Å². The van der Waals surface area contributed by atoms with Gasteiger partial charge in [-0.1, -0.05) is 96.3 Å². The second kappa shape index (κ2) is 10.9. The van der Waals surface area contributed by atoms with Crippen LogP contribution in [0.25, 0.3) is 0 Å². The number of hydrogen-bond acceptors (Lipinski definition) is 1. The fraction of sp³-hybridized carbons (Fsp3) is 1.00. The molecule has 1 atom stereocenters. The third-order valence-electron chi connectivity index (χ3n) is 6.22. The monoisotopic (exact) mass is 324 g/mol. The second-order valence-corrected chi connectivity index (χ2v) is 12.4. The average molecular weight is 325 g/mol. The molecule has 1 aliphatic heterocycles. The summed E-state index contributed by atoms with van der Waals surface area (Å²) in [6, 6.07) is 1.44. The Kier molecular flexibility index (Phi) is 9.14. The van der Waals surface area contributed by atoms with Crippen LogP contribution in [0.2, 0.25) is 18.1 Å². The van der Waals surface area contributed by atoms with Gasteiger partial charge in [0.1, 0.15) is 0 Å². The Morgan fingerprint density at radius 2 is 1.05 bits per heavy atom. The van der Waals surface area contributed by atoms with Crippen LogP contribution in [0.4, 0.5) is 0 Å². The first-order valence-electron chi connectivity index (χ1n) is 10.5. The molecule has 1 unspecified atom stereocenters. The van der Waals surface area contributed by atoms with Gasteiger partial charge in [0.25, 0.3) is 0 Å². The fourth-order valence-electron chi connectivity index (χ4n) is 4.58. The first-order valence-corrected chi connectivity index (χ1v) is 13.1. The number of rotatable bonds is 1. The van der Waals surface area contributed by atoms with Crippen molar-refractivity contribution in [2.75, 3.05) is 6.61 Å². The molecule has 2 fully saturated rings. The summed E-state index contributed by atoms with van der Waals surface area (Å²) in [5.41, 5.74) is 0.956. The molecule has 0 bridgehead atoms. The lowest BCUT2D eigenvalue weighted by atomic mass is 10.0.